The maximum absolute atomic E-state index is 5.19. The molecule has 0 aliphatic heterocycles. The Balaban J connectivity index is 2.88. The van der Waals surface area contributed by atoms with Gasteiger partial charge in [0.15, 0.2) is 0 Å². The van der Waals surface area contributed by atoms with Crippen LogP contribution in [-0.2, 0) is 4.74 Å². The maximum atomic E-state index is 5.19. The van der Waals surface area contributed by atoms with Crippen LogP contribution < -0.4 is 0 Å². The molecule has 0 aromatic rings. The summed E-state index contributed by atoms with van der Waals surface area (Å²) < 4.78 is 5.19. The minimum atomic E-state index is 0.975. The van der Waals surface area contributed by atoms with E-state index in [-0.39, 0.29) is 0 Å². The Labute approximate surface area is 68.1 Å². The fourth-order valence-electron chi connectivity index (χ4n) is 1.23. The minimum absolute atomic E-state index is 0.975. The van der Waals surface area contributed by atoms with Crippen molar-refractivity contribution in [3.05, 3.63) is 35.1 Å². The normalized spacial score (nSPS) is 17.9. The van der Waals surface area contributed by atoms with Crippen molar-refractivity contribution in [1.82, 2.24) is 0 Å². The lowest BCUT2D eigenvalue weighted by Gasteiger charge is -2.03. The van der Waals surface area contributed by atoms with Crippen LogP contribution >= 0.6 is 0 Å². The zero-order valence-corrected chi connectivity index (χ0v) is 7.35. The summed E-state index contributed by atoms with van der Waals surface area (Å²) in [4.78, 5) is 0. The second-order valence-corrected chi connectivity index (χ2v) is 2.78. The summed E-state index contributed by atoms with van der Waals surface area (Å²) in [6.07, 6.45) is 7.41. The molecule has 0 spiro atoms. The highest BCUT2D eigenvalue weighted by atomic mass is 16.5. The van der Waals surface area contributed by atoms with Gasteiger partial charge in [0.05, 0.1) is 7.11 Å². The van der Waals surface area contributed by atoms with Gasteiger partial charge in [-0.3, -0.25) is 0 Å². The van der Waals surface area contributed by atoms with Crippen LogP contribution in [0.25, 0.3) is 0 Å². The predicted octanol–water partition coefficient (Wildman–Crippen LogP) is 2.81. The molecular formula is C10H14O. The number of hydrogen-bond donors (Lipinski definition) is 0. The highest BCUT2D eigenvalue weighted by molar-refractivity contribution is 5.35. The van der Waals surface area contributed by atoms with E-state index in [0.29, 0.717) is 0 Å². The van der Waals surface area contributed by atoms with E-state index < -0.39 is 0 Å². The van der Waals surface area contributed by atoms with Gasteiger partial charge >= 0.3 is 0 Å². The first kappa shape index (κ1) is 8.12. The summed E-state index contributed by atoms with van der Waals surface area (Å²) >= 11 is 0. The molecule has 1 aliphatic rings. The Kier molecular flexibility index (Phi) is 2.53. The smallest absolute Gasteiger partial charge is 0.118 e. The zero-order valence-electron chi connectivity index (χ0n) is 7.35. The molecule has 0 unspecified atom stereocenters. The molecule has 1 heteroatoms. The zero-order chi connectivity index (χ0) is 8.27. The van der Waals surface area contributed by atoms with E-state index in [2.05, 4.69) is 32.1 Å². The molecule has 0 radical (unpaired) electrons. The lowest BCUT2D eigenvalue weighted by molar-refractivity contribution is 0.299. The van der Waals surface area contributed by atoms with Gasteiger partial charge < -0.3 is 4.74 Å². The predicted molar refractivity (Wildman–Crippen MR) is 47.2 cm³/mol. The number of allylic oxidation sites excluding steroid dienone is 5. The van der Waals surface area contributed by atoms with Crippen molar-refractivity contribution in [2.45, 2.75) is 20.3 Å². The van der Waals surface area contributed by atoms with Gasteiger partial charge in [-0.25, -0.2) is 0 Å². The van der Waals surface area contributed by atoms with Gasteiger partial charge in [-0.1, -0.05) is 17.7 Å². The van der Waals surface area contributed by atoms with Gasteiger partial charge in [-0.05, 0) is 31.9 Å². The summed E-state index contributed by atoms with van der Waals surface area (Å²) in [7, 11) is 1.71. The van der Waals surface area contributed by atoms with Crippen molar-refractivity contribution >= 4 is 0 Å². The molecule has 0 aromatic carbocycles. The first-order valence-corrected chi connectivity index (χ1v) is 3.83. The summed E-state index contributed by atoms with van der Waals surface area (Å²) in [5.41, 5.74) is 2.52. The van der Waals surface area contributed by atoms with Crippen LogP contribution in [0, 0.1) is 0 Å². The molecule has 0 heterocycles. The Morgan fingerprint density at radius 3 is 2.64 bits per heavy atom. The van der Waals surface area contributed by atoms with Gasteiger partial charge in [0.1, 0.15) is 5.76 Å². The largest absolute Gasteiger partial charge is 0.497 e. The van der Waals surface area contributed by atoms with E-state index in [1.807, 2.05) is 0 Å². The van der Waals surface area contributed by atoms with Crippen molar-refractivity contribution < 1.29 is 4.74 Å². The molecule has 0 amide bonds. The first-order valence-electron chi connectivity index (χ1n) is 3.83. The van der Waals surface area contributed by atoms with Gasteiger partial charge in [0.25, 0.3) is 0 Å². The average molecular weight is 150 g/mol. The van der Waals surface area contributed by atoms with Gasteiger partial charge in [-0.2, -0.15) is 0 Å². The van der Waals surface area contributed by atoms with Crippen molar-refractivity contribution in [3.8, 4) is 0 Å². The molecule has 1 aliphatic carbocycles. The van der Waals surface area contributed by atoms with Gasteiger partial charge in [0.2, 0.25) is 0 Å². The van der Waals surface area contributed by atoms with Crippen LogP contribution in [0.3, 0.4) is 0 Å². The van der Waals surface area contributed by atoms with E-state index in [4.69, 9.17) is 4.74 Å². The number of rotatable bonds is 1. The molecule has 0 saturated carbocycles. The first-order chi connectivity index (χ1) is 5.24. The Hall–Kier alpha value is -0.980. The Morgan fingerprint density at radius 1 is 1.27 bits per heavy atom. The lowest BCUT2D eigenvalue weighted by Crippen LogP contribution is -1.87. The van der Waals surface area contributed by atoms with E-state index in [9.17, 15) is 0 Å². The third-order valence-electron chi connectivity index (χ3n) is 1.80. The van der Waals surface area contributed by atoms with E-state index in [1.165, 1.54) is 11.1 Å². The topological polar surface area (TPSA) is 9.23 Å². The molecule has 1 nitrogen and oxygen atoms in total. The molecular weight excluding hydrogens is 136 g/mol. The van der Waals surface area contributed by atoms with Crippen molar-refractivity contribution in [3.63, 3.8) is 0 Å². The maximum Gasteiger partial charge on any atom is 0.118 e. The highest BCUT2D eigenvalue weighted by Gasteiger charge is 2.01. The minimum Gasteiger partial charge on any atom is -0.497 e. The number of methoxy groups -OCH3 is 1. The Bertz CT molecular complexity index is 231. The summed E-state index contributed by atoms with van der Waals surface area (Å²) in [6.45, 7) is 4.17. The molecule has 0 bridgehead atoms. The summed E-state index contributed by atoms with van der Waals surface area (Å²) in [5.74, 6) is 0.998. The van der Waals surface area contributed by atoms with E-state index >= 15 is 0 Å². The van der Waals surface area contributed by atoms with Crippen molar-refractivity contribution in [1.29, 1.82) is 0 Å². The summed E-state index contributed by atoms with van der Waals surface area (Å²) in [6, 6.07) is 0. The molecule has 11 heavy (non-hydrogen) atoms. The quantitative estimate of drug-likeness (QED) is 0.558. The third-order valence-corrected chi connectivity index (χ3v) is 1.80. The number of hydrogen-bond acceptors (Lipinski definition) is 1. The van der Waals surface area contributed by atoms with Crippen LogP contribution in [0.15, 0.2) is 35.1 Å². The third kappa shape index (κ3) is 1.97. The van der Waals surface area contributed by atoms with Crippen LogP contribution in [0.5, 0.6) is 0 Å². The van der Waals surface area contributed by atoms with Crippen LogP contribution in [0.4, 0.5) is 0 Å². The van der Waals surface area contributed by atoms with Gasteiger partial charge in [-0.15, -0.1) is 0 Å². The molecule has 0 N–H and O–H groups in total. The van der Waals surface area contributed by atoms with Crippen LogP contribution in [-0.4, -0.2) is 7.11 Å². The second kappa shape index (κ2) is 3.42. The summed E-state index contributed by atoms with van der Waals surface area (Å²) in [5, 5.41) is 0. The SMILES string of the molecule is COC1=CCC=C(C)C=C1C. The highest BCUT2D eigenvalue weighted by Crippen LogP contribution is 2.17. The molecule has 1 rings (SSSR count). The monoisotopic (exact) mass is 150 g/mol. The fourth-order valence-corrected chi connectivity index (χ4v) is 1.23. The molecule has 0 aromatic heterocycles. The molecule has 0 atom stereocenters. The van der Waals surface area contributed by atoms with E-state index in [1.54, 1.807) is 7.11 Å². The van der Waals surface area contributed by atoms with Crippen molar-refractivity contribution in [2.24, 2.45) is 0 Å². The average Bonchev–Trinajstić information content (AvgIpc) is 2.11. The van der Waals surface area contributed by atoms with Crippen LogP contribution in [0.2, 0.25) is 0 Å². The molecule has 60 valence electrons. The van der Waals surface area contributed by atoms with E-state index in [0.717, 1.165) is 12.2 Å². The van der Waals surface area contributed by atoms with Crippen LogP contribution in [0.1, 0.15) is 20.3 Å². The lowest BCUT2D eigenvalue weighted by atomic mass is 10.2. The molecule has 0 fully saturated rings. The second-order valence-electron chi connectivity index (χ2n) is 2.78. The number of ether oxygens (including phenoxy) is 1. The Morgan fingerprint density at radius 2 is 2.00 bits per heavy atom. The standard InChI is InChI=1S/C10H14O/c1-8-5-4-6-10(11-3)9(2)7-8/h5-7H,4H2,1-3H3. The van der Waals surface area contributed by atoms with Crippen molar-refractivity contribution in [2.75, 3.05) is 7.11 Å². The fraction of sp³-hybridized carbons (Fsp3) is 0.400. The van der Waals surface area contributed by atoms with Gasteiger partial charge in [0, 0.05) is 0 Å². The molecule has 0 saturated heterocycles.